The zero-order valence-electron chi connectivity index (χ0n) is 7.37. The molecule has 80 valence electrons. The average molecular weight is 222 g/mol. The Labute approximate surface area is 83.9 Å². The van der Waals surface area contributed by atoms with Gasteiger partial charge in [0.2, 0.25) is 0 Å². The van der Waals surface area contributed by atoms with Gasteiger partial charge in [0, 0.05) is 5.75 Å². The second-order valence-corrected chi connectivity index (χ2v) is 2.90. The molecule has 0 aliphatic carbocycles. The van der Waals surface area contributed by atoms with Gasteiger partial charge in [0.05, 0.1) is 7.11 Å². The summed E-state index contributed by atoms with van der Waals surface area (Å²) in [6, 6.07) is -1.01. The molecule has 9 heteroatoms. The number of nitrogens with two attached hydrogens (primary N) is 2. The first kappa shape index (κ1) is 12.7. The van der Waals surface area contributed by atoms with Crippen molar-refractivity contribution in [1.29, 1.82) is 0 Å². The summed E-state index contributed by atoms with van der Waals surface area (Å²) in [5, 5.41) is 5.68. The molecule has 0 saturated heterocycles. The van der Waals surface area contributed by atoms with Crippen LogP contribution in [-0.4, -0.2) is 30.2 Å². The predicted molar refractivity (Wildman–Crippen MR) is 48.0 cm³/mol. The van der Waals surface area contributed by atoms with Crippen molar-refractivity contribution in [3.63, 3.8) is 0 Å². The molecule has 0 fully saturated rings. The molecule has 0 amide bonds. The minimum atomic E-state index is -1.01. The number of ether oxygens (including phenoxy) is 1. The second kappa shape index (κ2) is 7.09. The minimum Gasteiger partial charge on any atom is -0.461 e. The van der Waals surface area contributed by atoms with Crippen LogP contribution in [-0.2, 0) is 14.4 Å². The highest BCUT2D eigenvalue weighted by molar-refractivity contribution is 8.13. The molecule has 0 saturated carbocycles. The number of rotatable bonds is 4. The maximum atomic E-state index is 10.9. The van der Waals surface area contributed by atoms with Crippen LogP contribution in [0.5, 0.6) is 0 Å². The van der Waals surface area contributed by atoms with Crippen LogP contribution in [0.15, 0.2) is 10.3 Å². The van der Waals surface area contributed by atoms with Crippen LogP contribution in [0.25, 0.3) is 0 Å². The monoisotopic (exact) mass is 222 g/mol. The molecule has 0 aromatic heterocycles. The summed E-state index contributed by atoms with van der Waals surface area (Å²) in [6.07, 6.45) is 0. The maximum Gasteiger partial charge on any atom is 0.367 e. The predicted octanol–water partition coefficient (Wildman–Crippen LogP) is -0.403. The van der Waals surface area contributed by atoms with Crippen LogP contribution in [0.3, 0.4) is 0 Å². The van der Waals surface area contributed by atoms with Gasteiger partial charge in [-0.3, -0.25) is 0 Å². The fourth-order valence-corrected chi connectivity index (χ4v) is 1.13. The largest absolute Gasteiger partial charge is 0.461 e. The highest BCUT2D eigenvalue weighted by Gasteiger charge is 2.21. The molecule has 0 spiro atoms. The standard InChI is InChI=1S/C5H10N4O4S/c1-12-5(11)14-2-3(8-9-6)4(10)13-7/h3H,2,7H2,1H3,(H2,6,8)/t3-/m0/s1. The molecule has 8 nitrogen and oxygen atoms in total. The van der Waals surface area contributed by atoms with E-state index in [9.17, 15) is 9.59 Å². The van der Waals surface area contributed by atoms with Crippen molar-refractivity contribution in [2.24, 2.45) is 22.1 Å². The lowest BCUT2D eigenvalue weighted by atomic mass is 10.4. The molecule has 0 radical (unpaired) electrons. The lowest BCUT2D eigenvalue weighted by Crippen LogP contribution is -2.27. The summed E-state index contributed by atoms with van der Waals surface area (Å²) in [5.74, 6) is 8.55. The van der Waals surface area contributed by atoms with Gasteiger partial charge in [0.1, 0.15) is 0 Å². The van der Waals surface area contributed by atoms with E-state index in [-0.39, 0.29) is 5.75 Å². The van der Waals surface area contributed by atoms with Crippen LogP contribution in [0.4, 0.5) is 4.79 Å². The van der Waals surface area contributed by atoms with E-state index >= 15 is 0 Å². The number of carbonyl (C=O) groups excluding carboxylic acids is 2. The van der Waals surface area contributed by atoms with Gasteiger partial charge in [0.25, 0.3) is 0 Å². The van der Waals surface area contributed by atoms with Gasteiger partial charge in [0.15, 0.2) is 6.04 Å². The first-order valence-corrected chi connectivity index (χ1v) is 4.35. The zero-order chi connectivity index (χ0) is 11.0. The van der Waals surface area contributed by atoms with E-state index < -0.39 is 17.3 Å². The van der Waals surface area contributed by atoms with Crippen LogP contribution >= 0.6 is 11.8 Å². The van der Waals surface area contributed by atoms with E-state index in [0.29, 0.717) is 0 Å². The van der Waals surface area contributed by atoms with Crippen molar-refractivity contribution in [1.82, 2.24) is 0 Å². The van der Waals surface area contributed by atoms with Gasteiger partial charge in [-0.05, 0) is 11.8 Å². The average Bonchev–Trinajstić information content (AvgIpc) is 2.22. The molecule has 14 heavy (non-hydrogen) atoms. The van der Waals surface area contributed by atoms with Gasteiger partial charge in [-0.15, -0.1) is 0 Å². The van der Waals surface area contributed by atoms with Crippen LogP contribution in [0, 0.1) is 0 Å². The van der Waals surface area contributed by atoms with Crippen LogP contribution in [0.1, 0.15) is 0 Å². The normalized spacial score (nSPS) is 12.4. The van der Waals surface area contributed by atoms with Crippen molar-refractivity contribution in [3.05, 3.63) is 0 Å². The smallest absolute Gasteiger partial charge is 0.367 e. The SMILES string of the molecule is COC(=O)SC[C@H](N=NN)C(=O)ON. The van der Waals surface area contributed by atoms with E-state index in [4.69, 9.17) is 5.84 Å². The summed E-state index contributed by atoms with van der Waals surface area (Å²) in [6.45, 7) is 0. The van der Waals surface area contributed by atoms with Crippen molar-refractivity contribution in [2.45, 2.75) is 6.04 Å². The summed E-state index contributed by atoms with van der Waals surface area (Å²) < 4.78 is 4.33. The Balaban J connectivity index is 4.10. The van der Waals surface area contributed by atoms with Gasteiger partial charge in [-0.25, -0.2) is 9.59 Å². The molecule has 0 aliphatic rings. The van der Waals surface area contributed by atoms with Crippen molar-refractivity contribution >= 4 is 23.0 Å². The van der Waals surface area contributed by atoms with Gasteiger partial charge < -0.3 is 15.4 Å². The number of thioether (sulfide) groups is 1. The van der Waals surface area contributed by atoms with E-state index in [1.54, 1.807) is 0 Å². The third-order valence-corrected chi connectivity index (χ3v) is 2.00. The molecule has 0 bridgehead atoms. The minimum absolute atomic E-state index is 0.00338. The van der Waals surface area contributed by atoms with Crippen LogP contribution in [0.2, 0.25) is 0 Å². The molecular weight excluding hydrogens is 212 g/mol. The fraction of sp³-hybridized carbons (Fsp3) is 0.600. The Kier molecular flexibility index (Phi) is 6.41. The Hall–Kier alpha value is -1.35. The lowest BCUT2D eigenvalue weighted by Gasteiger charge is -2.05. The third-order valence-electron chi connectivity index (χ3n) is 1.12. The maximum absolute atomic E-state index is 10.9. The number of methoxy groups -OCH3 is 1. The van der Waals surface area contributed by atoms with Gasteiger partial charge in [-0.2, -0.15) is 11.0 Å². The molecule has 0 aromatic carbocycles. The summed E-state index contributed by atoms with van der Waals surface area (Å²) in [4.78, 5) is 25.5. The van der Waals surface area contributed by atoms with Gasteiger partial charge in [-0.1, -0.05) is 5.22 Å². The Bertz CT molecular complexity index is 234. The Morgan fingerprint density at radius 2 is 2.21 bits per heavy atom. The van der Waals surface area contributed by atoms with E-state index in [1.165, 1.54) is 7.11 Å². The third kappa shape index (κ3) is 4.62. The lowest BCUT2D eigenvalue weighted by molar-refractivity contribution is -0.145. The van der Waals surface area contributed by atoms with E-state index in [2.05, 4.69) is 25.8 Å². The number of hydrogen-bond acceptors (Lipinski definition) is 8. The first-order valence-electron chi connectivity index (χ1n) is 3.37. The molecule has 1 atom stereocenters. The number of carbonyl (C=O) groups is 2. The van der Waals surface area contributed by atoms with Crippen molar-refractivity contribution in [2.75, 3.05) is 12.9 Å². The van der Waals surface area contributed by atoms with E-state index in [1.807, 2.05) is 0 Å². The Morgan fingerprint density at radius 3 is 2.64 bits per heavy atom. The highest BCUT2D eigenvalue weighted by atomic mass is 32.2. The summed E-state index contributed by atoms with van der Waals surface area (Å²) in [5.41, 5.74) is 0. The highest BCUT2D eigenvalue weighted by Crippen LogP contribution is 2.09. The molecule has 0 aromatic rings. The number of hydrogen-bond donors (Lipinski definition) is 2. The van der Waals surface area contributed by atoms with E-state index in [0.717, 1.165) is 11.8 Å². The second-order valence-electron chi connectivity index (χ2n) is 1.95. The molecule has 4 N–H and O–H groups in total. The van der Waals surface area contributed by atoms with Gasteiger partial charge >= 0.3 is 11.3 Å². The molecular formula is C5H10N4O4S. The topological polar surface area (TPSA) is 129 Å². The fourth-order valence-electron chi connectivity index (χ4n) is 0.513. The first-order chi connectivity index (χ1) is 6.65. The van der Waals surface area contributed by atoms with Crippen LogP contribution < -0.4 is 11.7 Å². The quantitative estimate of drug-likeness (QED) is 0.286. The van der Waals surface area contributed by atoms with Crippen molar-refractivity contribution in [3.8, 4) is 0 Å². The molecule has 0 heterocycles. The Morgan fingerprint density at radius 1 is 1.57 bits per heavy atom. The number of nitrogens with zero attached hydrogens (tertiary/aromatic N) is 2. The summed E-state index contributed by atoms with van der Waals surface area (Å²) in [7, 11) is 1.22. The van der Waals surface area contributed by atoms with Crippen molar-refractivity contribution < 1.29 is 19.2 Å². The molecule has 0 aliphatic heterocycles. The summed E-state index contributed by atoms with van der Waals surface area (Å²) >= 11 is 0.741. The zero-order valence-corrected chi connectivity index (χ0v) is 8.19. The molecule has 0 unspecified atom stereocenters. The molecule has 0 rings (SSSR count).